The summed E-state index contributed by atoms with van der Waals surface area (Å²) in [6, 6.07) is 3.07. The van der Waals surface area contributed by atoms with E-state index in [1.54, 1.807) is 20.1 Å². The van der Waals surface area contributed by atoms with Crippen molar-refractivity contribution in [3.8, 4) is 5.75 Å². The monoisotopic (exact) mass is 183 g/mol. The maximum Gasteiger partial charge on any atom is 0.126 e. The summed E-state index contributed by atoms with van der Waals surface area (Å²) >= 11 is 0. The molecular formula is C10H14FNO. The van der Waals surface area contributed by atoms with Gasteiger partial charge >= 0.3 is 0 Å². The predicted molar refractivity (Wildman–Crippen MR) is 50.5 cm³/mol. The fourth-order valence-electron chi connectivity index (χ4n) is 1.29. The van der Waals surface area contributed by atoms with E-state index in [0.29, 0.717) is 12.1 Å². The van der Waals surface area contributed by atoms with E-state index in [0.717, 1.165) is 11.3 Å². The van der Waals surface area contributed by atoms with Crippen LogP contribution < -0.4 is 10.1 Å². The molecule has 0 aliphatic heterocycles. The Hall–Kier alpha value is -1.09. The summed E-state index contributed by atoms with van der Waals surface area (Å²) in [6.07, 6.45) is 0. The van der Waals surface area contributed by atoms with Crippen LogP contribution >= 0.6 is 0 Å². The number of ether oxygens (including phenoxy) is 1. The number of nitrogens with one attached hydrogen (secondary N) is 1. The Morgan fingerprint density at radius 1 is 1.46 bits per heavy atom. The fraction of sp³-hybridized carbons (Fsp3) is 0.400. The van der Waals surface area contributed by atoms with Crippen molar-refractivity contribution in [3.05, 3.63) is 29.1 Å². The second-order valence-electron chi connectivity index (χ2n) is 2.88. The summed E-state index contributed by atoms with van der Waals surface area (Å²) in [5.74, 6) is 0.541. The number of benzene rings is 1. The van der Waals surface area contributed by atoms with Gasteiger partial charge in [-0.25, -0.2) is 4.39 Å². The van der Waals surface area contributed by atoms with Crippen molar-refractivity contribution in [1.29, 1.82) is 0 Å². The predicted octanol–water partition coefficient (Wildman–Crippen LogP) is 1.86. The third-order valence-electron chi connectivity index (χ3n) is 2.06. The van der Waals surface area contributed by atoms with Crippen molar-refractivity contribution in [2.75, 3.05) is 14.2 Å². The summed E-state index contributed by atoms with van der Waals surface area (Å²) in [4.78, 5) is 0. The lowest BCUT2D eigenvalue weighted by Crippen LogP contribution is -2.09. The highest BCUT2D eigenvalue weighted by molar-refractivity contribution is 5.40. The molecule has 0 heterocycles. The second kappa shape index (κ2) is 4.23. The summed E-state index contributed by atoms with van der Waals surface area (Å²) in [7, 11) is 3.41. The van der Waals surface area contributed by atoms with E-state index < -0.39 is 0 Å². The average Bonchev–Trinajstić information content (AvgIpc) is 2.14. The van der Waals surface area contributed by atoms with Crippen LogP contribution in [0.4, 0.5) is 4.39 Å². The molecular weight excluding hydrogens is 169 g/mol. The normalized spacial score (nSPS) is 10.2. The molecule has 0 saturated carbocycles. The first-order valence-electron chi connectivity index (χ1n) is 4.17. The Labute approximate surface area is 77.7 Å². The molecule has 3 heteroatoms. The topological polar surface area (TPSA) is 21.3 Å². The van der Waals surface area contributed by atoms with Crippen molar-refractivity contribution >= 4 is 0 Å². The largest absolute Gasteiger partial charge is 0.496 e. The maximum atomic E-state index is 13.1. The van der Waals surface area contributed by atoms with Gasteiger partial charge in [-0.2, -0.15) is 0 Å². The Kier molecular flexibility index (Phi) is 3.25. The molecule has 0 radical (unpaired) electrons. The molecule has 0 aliphatic carbocycles. The minimum atomic E-state index is -0.189. The number of hydrogen-bond donors (Lipinski definition) is 1. The van der Waals surface area contributed by atoms with Crippen LogP contribution in [0.25, 0.3) is 0 Å². The van der Waals surface area contributed by atoms with Gasteiger partial charge in [0.1, 0.15) is 11.6 Å². The number of halogens is 1. The average molecular weight is 183 g/mol. The Bertz CT molecular complexity index is 299. The van der Waals surface area contributed by atoms with E-state index >= 15 is 0 Å². The fourth-order valence-corrected chi connectivity index (χ4v) is 1.29. The van der Waals surface area contributed by atoms with Crippen molar-refractivity contribution in [3.63, 3.8) is 0 Å². The lowest BCUT2D eigenvalue weighted by Gasteiger charge is -2.11. The smallest absolute Gasteiger partial charge is 0.126 e. The zero-order valence-corrected chi connectivity index (χ0v) is 8.15. The van der Waals surface area contributed by atoms with Crippen molar-refractivity contribution in [2.24, 2.45) is 0 Å². The summed E-state index contributed by atoms with van der Waals surface area (Å²) in [5, 5.41) is 2.98. The van der Waals surface area contributed by atoms with Gasteiger partial charge in [-0.15, -0.1) is 0 Å². The van der Waals surface area contributed by atoms with Crippen LogP contribution in [0.5, 0.6) is 5.75 Å². The van der Waals surface area contributed by atoms with Gasteiger partial charge in [-0.1, -0.05) is 0 Å². The lowest BCUT2D eigenvalue weighted by atomic mass is 10.1. The van der Waals surface area contributed by atoms with Crippen LogP contribution in [0.3, 0.4) is 0 Å². The highest BCUT2D eigenvalue weighted by atomic mass is 19.1. The van der Waals surface area contributed by atoms with Gasteiger partial charge in [0.05, 0.1) is 7.11 Å². The summed E-state index contributed by atoms with van der Waals surface area (Å²) in [5.41, 5.74) is 1.53. The van der Waals surface area contributed by atoms with Gasteiger partial charge in [0.15, 0.2) is 0 Å². The van der Waals surface area contributed by atoms with Gasteiger partial charge in [-0.05, 0) is 31.7 Å². The van der Waals surface area contributed by atoms with E-state index in [9.17, 15) is 4.39 Å². The van der Waals surface area contributed by atoms with Crippen LogP contribution in [-0.4, -0.2) is 14.2 Å². The molecule has 1 N–H and O–H groups in total. The molecule has 0 aliphatic rings. The molecule has 0 amide bonds. The van der Waals surface area contributed by atoms with E-state index in [1.807, 2.05) is 7.05 Å². The molecule has 13 heavy (non-hydrogen) atoms. The van der Waals surface area contributed by atoms with Crippen LogP contribution in [0.2, 0.25) is 0 Å². The Morgan fingerprint density at radius 3 is 2.69 bits per heavy atom. The molecule has 0 aromatic heterocycles. The van der Waals surface area contributed by atoms with Gasteiger partial charge in [0.25, 0.3) is 0 Å². The van der Waals surface area contributed by atoms with E-state index in [-0.39, 0.29) is 5.82 Å². The minimum Gasteiger partial charge on any atom is -0.496 e. The number of hydrogen-bond acceptors (Lipinski definition) is 2. The van der Waals surface area contributed by atoms with Gasteiger partial charge in [-0.3, -0.25) is 0 Å². The summed E-state index contributed by atoms with van der Waals surface area (Å²) in [6.45, 7) is 2.37. The third kappa shape index (κ3) is 1.98. The molecule has 0 bridgehead atoms. The third-order valence-corrected chi connectivity index (χ3v) is 2.06. The summed E-state index contributed by atoms with van der Waals surface area (Å²) < 4.78 is 18.3. The molecule has 0 fully saturated rings. The first-order chi connectivity index (χ1) is 6.20. The molecule has 0 spiro atoms. The highest BCUT2D eigenvalue weighted by Gasteiger charge is 2.08. The molecule has 2 nitrogen and oxygen atoms in total. The lowest BCUT2D eigenvalue weighted by molar-refractivity contribution is 0.406. The second-order valence-corrected chi connectivity index (χ2v) is 2.88. The van der Waals surface area contributed by atoms with Gasteiger partial charge in [0, 0.05) is 12.1 Å². The van der Waals surface area contributed by atoms with E-state index in [1.165, 1.54) is 6.07 Å². The molecule has 1 aromatic rings. The molecule has 72 valence electrons. The van der Waals surface area contributed by atoms with Gasteiger partial charge < -0.3 is 10.1 Å². The van der Waals surface area contributed by atoms with Crippen LogP contribution in [0.15, 0.2) is 12.1 Å². The van der Waals surface area contributed by atoms with Crippen LogP contribution in [0.1, 0.15) is 11.1 Å². The van der Waals surface area contributed by atoms with Gasteiger partial charge in [0.2, 0.25) is 0 Å². The van der Waals surface area contributed by atoms with Crippen molar-refractivity contribution < 1.29 is 9.13 Å². The first-order valence-corrected chi connectivity index (χ1v) is 4.17. The molecule has 0 saturated heterocycles. The standard InChI is InChI=1S/C10H14FNO/c1-7-8(6-12-2)10(13-3)5-4-9(7)11/h4-5,12H,6H2,1-3H3. The van der Waals surface area contributed by atoms with Crippen LogP contribution in [-0.2, 0) is 6.54 Å². The SMILES string of the molecule is CNCc1c(OC)ccc(F)c1C. The van der Waals surface area contributed by atoms with Crippen molar-refractivity contribution in [2.45, 2.75) is 13.5 Å². The molecule has 1 aromatic carbocycles. The molecule has 0 unspecified atom stereocenters. The van der Waals surface area contributed by atoms with E-state index in [4.69, 9.17) is 4.74 Å². The molecule has 0 atom stereocenters. The van der Waals surface area contributed by atoms with Crippen molar-refractivity contribution in [1.82, 2.24) is 5.32 Å². The maximum absolute atomic E-state index is 13.1. The zero-order valence-electron chi connectivity index (χ0n) is 8.15. The quantitative estimate of drug-likeness (QED) is 0.772. The Morgan fingerprint density at radius 2 is 2.15 bits per heavy atom. The Balaban J connectivity index is 3.15. The van der Waals surface area contributed by atoms with Crippen LogP contribution in [0, 0.1) is 12.7 Å². The zero-order chi connectivity index (χ0) is 9.84. The van der Waals surface area contributed by atoms with E-state index in [2.05, 4.69) is 5.32 Å². The number of methoxy groups -OCH3 is 1. The minimum absolute atomic E-state index is 0.189. The molecule has 1 rings (SSSR count). The highest BCUT2D eigenvalue weighted by Crippen LogP contribution is 2.23. The first kappa shape index (κ1) is 9.99. The number of rotatable bonds is 3.